The van der Waals surface area contributed by atoms with Crippen LogP contribution in [0.3, 0.4) is 0 Å². The Morgan fingerprint density at radius 3 is 0.800 bits per heavy atom. The third kappa shape index (κ3) is 6.49. The molecule has 2 aliphatic heterocycles. The summed E-state index contributed by atoms with van der Waals surface area (Å²) in [4.78, 5) is 30.2. The van der Waals surface area contributed by atoms with Crippen molar-refractivity contribution < 1.29 is 0 Å². The van der Waals surface area contributed by atoms with E-state index in [1.165, 1.54) is 0 Å². The average molecular weight is 779 g/mol. The summed E-state index contributed by atoms with van der Waals surface area (Å²) in [5, 5.41) is 16.2. The Bertz CT molecular complexity index is 2930. The quantitative estimate of drug-likeness (QED) is 0.0867. The molecule has 5 heterocycles. The molecule has 60 heavy (non-hydrogen) atoms. The van der Waals surface area contributed by atoms with Crippen LogP contribution < -0.4 is 0 Å². The van der Waals surface area contributed by atoms with Gasteiger partial charge in [-0.1, -0.05) is 118 Å². The molecule has 0 radical (unpaired) electrons. The number of nitrogens with one attached hydrogen (secondary N) is 2. The van der Waals surface area contributed by atoms with Crippen LogP contribution >= 0.6 is 0 Å². The van der Waals surface area contributed by atoms with Crippen LogP contribution in [-0.2, 0) is 0 Å². The van der Waals surface area contributed by atoms with E-state index in [2.05, 4.69) is 50.1 Å². The summed E-state index contributed by atoms with van der Waals surface area (Å²) in [6.07, 6.45) is 7.54. The number of aromatic nitrogens is 4. The maximum Gasteiger partial charge on any atom is 0.0737 e. The predicted octanol–water partition coefficient (Wildman–Crippen LogP) is 15.1. The Kier molecular flexibility index (Phi) is 9.51. The van der Waals surface area contributed by atoms with Crippen molar-refractivity contribution in [2.75, 3.05) is 0 Å². The first-order chi connectivity index (χ1) is 29.6. The molecule has 7 aromatic rings. The van der Waals surface area contributed by atoms with Crippen LogP contribution in [0.15, 0.2) is 142 Å². The van der Waals surface area contributed by atoms with Crippen LogP contribution in [0, 0.1) is 0 Å². The smallest absolute Gasteiger partial charge is 0.0737 e. The molecule has 0 saturated carbocycles. The molecule has 0 amide bonds. The molecular weight excluding hydrogens is 753 g/mol. The molecule has 282 valence electrons. The van der Waals surface area contributed by atoms with E-state index in [0.717, 1.165) is 0 Å². The molecule has 2 N–H and O–H groups in total. The van der Waals surface area contributed by atoms with Gasteiger partial charge < -0.3 is 9.97 Å². The highest BCUT2D eigenvalue weighted by Crippen LogP contribution is 2.44. The van der Waals surface area contributed by atoms with Crippen molar-refractivity contribution in [2.24, 2.45) is 20.5 Å². The highest BCUT2D eigenvalue weighted by molar-refractivity contribution is 6.03. The van der Waals surface area contributed by atoms with Crippen molar-refractivity contribution in [3.05, 3.63) is 186 Å². The molecule has 0 saturated heterocycles. The van der Waals surface area contributed by atoms with Gasteiger partial charge in [0.1, 0.15) is 0 Å². The Morgan fingerprint density at radius 2 is 0.567 bits per heavy atom. The first-order valence-electron chi connectivity index (χ1n) is 18.3. The summed E-state index contributed by atoms with van der Waals surface area (Å²) >= 11 is 0. The van der Waals surface area contributed by atoms with Crippen LogP contribution in [0.1, 0.15) is 22.8 Å². The Labute approximate surface area is 339 Å². The minimum atomic E-state index is 0.390. The lowest BCUT2D eigenvalue weighted by atomic mass is 10.0. The van der Waals surface area contributed by atoms with Gasteiger partial charge in [-0.3, -0.25) is 0 Å². The van der Waals surface area contributed by atoms with Gasteiger partial charge in [0.25, 0.3) is 0 Å². The maximum absolute atomic E-state index is 9.60. The zero-order valence-electron chi connectivity index (χ0n) is 31.1. The van der Waals surface area contributed by atoms with Crippen LogP contribution in [0.5, 0.6) is 0 Å². The topological polar surface area (TPSA) is 252 Å². The van der Waals surface area contributed by atoms with Gasteiger partial charge >= 0.3 is 0 Å². The zero-order valence-corrected chi connectivity index (χ0v) is 31.1. The highest BCUT2D eigenvalue weighted by atomic mass is 15.1. The van der Waals surface area contributed by atoms with Crippen LogP contribution in [0.25, 0.3) is 133 Å². The summed E-state index contributed by atoms with van der Waals surface area (Å²) in [5.74, 6) is 0. The molecule has 9 rings (SSSR count). The molecule has 0 atom stereocenters. The molecule has 0 fully saturated rings. The number of nitrogens with zero attached hydrogens (tertiary/aromatic N) is 14. The van der Waals surface area contributed by atoms with Gasteiger partial charge in [0.05, 0.1) is 22.8 Å². The summed E-state index contributed by atoms with van der Waals surface area (Å²) in [7, 11) is 0. The van der Waals surface area contributed by atoms with Gasteiger partial charge in [-0.25, -0.2) is 9.97 Å². The average Bonchev–Trinajstić information content (AvgIpc) is 4.12. The fourth-order valence-electron chi connectivity index (χ4n) is 7.62. The molecule has 0 aliphatic carbocycles. The van der Waals surface area contributed by atoms with Gasteiger partial charge in [-0.2, -0.15) is 0 Å². The SMILES string of the molecule is [N-]=[N+]=Nc1ccccc1-c1c2nc(c(-c3ccccc3N=[N+]=[N-])c3ccc([nH]3)c(-c3ccccc3N=[N+]=[N-])c3nc(c(-c4ccccc4N=[N+]=[N-])c4ccc1[nH]4)C=C3)C=C2. The van der Waals surface area contributed by atoms with Gasteiger partial charge in [0.15, 0.2) is 0 Å². The molecule has 8 bridgehead atoms. The number of hydrogen-bond donors (Lipinski definition) is 2. The lowest BCUT2D eigenvalue weighted by molar-refractivity contribution is 1.30. The summed E-state index contributed by atoms with van der Waals surface area (Å²) < 4.78 is 0. The van der Waals surface area contributed by atoms with E-state index in [1.54, 1.807) is 48.5 Å². The Hall–Kier alpha value is -9.28. The normalized spacial score (nSPS) is 11.2. The second kappa shape index (κ2) is 15.7. The minimum absolute atomic E-state index is 0.390. The van der Waals surface area contributed by atoms with E-state index < -0.39 is 0 Å². The number of H-pyrrole nitrogens is 2. The number of fused-ring (bicyclic) bond motifs is 8. The van der Waals surface area contributed by atoms with Crippen molar-refractivity contribution in [2.45, 2.75) is 0 Å². The van der Waals surface area contributed by atoms with Gasteiger partial charge in [-0.15, -0.1) is 0 Å². The van der Waals surface area contributed by atoms with E-state index in [0.29, 0.717) is 112 Å². The van der Waals surface area contributed by atoms with Crippen LogP contribution in [0.2, 0.25) is 0 Å². The molecule has 0 unspecified atom stereocenters. The fourth-order valence-corrected chi connectivity index (χ4v) is 7.62. The van der Waals surface area contributed by atoms with Crippen molar-refractivity contribution in [3.8, 4) is 44.5 Å². The van der Waals surface area contributed by atoms with Crippen LogP contribution in [-0.4, -0.2) is 19.9 Å². The largest absolute Gasteiger partial charge is 0.354 e. The predicted molar refractivity (Wildman–Crippen MR) is 236 cm³/mol. The van der Waals surface area contributed by atoms with E-state index in [-0.39, 0.29) is 0 Å². The third-order valence-corrected chi connectivity index (χ3v) is 10.1. The summed E-state index contributed by atoms with van der Waals surface area (Å²) in [6.45, 7) is 0. The van der Waals surface area contributed by atoms with Crippen molar-refractivity contribution >= 4 is 69.1 Å². The Morgan fingerprint density at radius 1 is 0.333 bits per heavy atom. The minimum Gasteiger partial charge on any atom is -0.354 e. The summed E-state index contributed by atoms with van der Waals surface area (Å²) in [6, 6.07) is 36.7. The standard InChI is InChI=1S/C44H26N16/c45-57-53-29-13-5-1-9-25(29)41-33-17-19-35(49-33)42(26-10-2-6-14-30(26)54-58-46)37-21-23-39(51-37)44(28-12-4-8-16-32(28)56-60-48)40-24-22-38(52-40)43(36-20-18-34(41)50-36)27-11-3-7-15-31(27)55-59-47/h1-24,49,52H. The third-order valence-electron chi connectivity index (χ3n) is 10.1. The number of aromatic amines is 2. The lowest BCUT2D eigenvalue weighted by Crippen LogP contribution is -1.90. The van der Waals surface area contributed by atoms with Gasteiger partial charge in [0, 0.05) is 86.7 Å². The zero-order chi connectivity index (χ0) is 41.0. The van der Waals surface area contributed by atoms with Crippen molar-refractivity contribution in [1.82, 2.24) is 19.9 Å². The fraction of sp³-hybridized carbons (Fsp3) is 0. The number of rotatable bonds is 8. The molecule has 2 aliphatic rings. The molecule has 0 spiro atoms. The number of hydrogen-bond acceptors (Lipinski definition) is 6. The molecule has 4 aromatic carbocycles. The van der Waals surface area contributed by atoms with Crippen molar-refractivity contribution in [3.63, 3.8) is 0 Å². The first-order valence-corrected chi connectivity index (χ1v) is 18.3. The maximum atomic E-state index is 9.60. The second-order valence-corrected chi connectivity index (χ2v) is 13.3. The van der Waals surface area contributed by atoms with E-state index in [1.807, 2.05) is 97.1 Å². The number of azide groups is 4. The van der Waals surface area contributed by atoms with Crippen LogP contribution in [0.4, 0.5) is 22.7 Å². The molecule has 16 nitrogen and oxygen atoms in total. The lowest BCUT2D eigenvalue weighted by Gasteiger charge is -2.10. The second-order valence-electron chi connectivity index (χ2n) is 13.3. The van der Waals surface area contributed by atoms with Gasteiger partial charge in [0.2, 0.25) is 0 Å². The van der Waals surface area contributed by atoms with E-state index >= 15 is 0 Å². The first kappa shape index (κ1) is 36.4. The molecular formula is C44H26N16. The highest BCUT2D eigenvalue weighted by Gasteiger charge is 2.21. The van der Waals surface area contributed by atoms with E-state index in [4.69, 9.17) is 9.97 Å². The van der Waals surface area contributed by atoms with Gasteiger partial charge in [-0.05, 0) is 92.9 Å². The van der Waals surface area contributed by atoms with Crippen molar-refractivity contribution in [1.29, 1.82) is 0 Å². The Balaban J connectivity index is 1.53. The summed E-state index contributed by atoms with van der Waals surface area (Å²) in [5.41, 5.74) is 49.8. The monoisotopic (exact) mass is 778 g/mol. The van der Waals surface area contributed by atoms with E-state index in [9.17, 15) is 22.1 Å². The molecule has 16 heteroatoms. The molecule has 3 aromatic heterocycles. The number of benzene rings is 4.